The van der Waals surface area contributed by atoms with Crippen LogP contribution < -0.4 is 4.74 Å². The molecule has 3 rings (SSSR count). The molecule has 92 valence electrons. The van der Waals surface area contributed by atoms with Gasteiger partial charge in [0.2, 0.25) is 5.88 Å². The van der Waals surface area contributed by atoms with Gasteiger partial charge in [-0.05, 0) is 47.0 Å². The minimum Gasteiger partial charge on any atom is -0.439 e. The molecule has 0 spiro atoms. The number of ether oxygens (including phenoxy) is 1. The van der Waals surface area contributed by atoms with Crippen LogP contribution in [-0.4, -0.2) is 9.97 Å². The monoisotopic (exact) mass is 324 g/mol. The highest BCUT2D eigenvalue weighted by Gasteiger charge is 2.27. The number of halogens is 2. The Kier molecular flexibility index (Phi) is 3.22. The molecule has 1 fully saturated rings. The van der Waals surface area contributed by atoms with Gasteiger partial charge >= 0.3 is 0 Å². The van der Waals surface area contributed by atoms with Gasteiger partial charge in [0.15, 0.2) is 0 Å². The molecule has 5 heteroatoms. The summed E-state index contributed by atoms with van der Waals surface area (Å²) in [5, 5.41) is 0.642. The fraction of sp³-hybridized carbons (Fsp3) is 0.231. The fourth-order valence-corrected chi connectivity index (χ4v) is 2.20. The average molecular weight is 326 g/mol. The summed E-state index contributed by atoms with van der Waals surface area (Å²) in [6.07, 6.45) is 2.32. The maximum Gasteiger partial charge on any atom is 0.223 e. The zero-order valence-corrected chi connectivity index (χ0v) is 11.8. The van der Waals surface area contributed by atoms with Gasteiger partial charge in [0, 0.05) is 17.0 Å². The van der Waals surface area contributed by atoms with Gasteiger partial charge in [-0.2, -0.15) is 4.98 Å². The van der Waals surface area contributed by atoms with E-state index in [1.807, 2.05) is 12.1 Å². The summed E-state index contributed by atoms with van der Waals surface area (Å²) >= 11 is 9.29. The predicted octanol–water partition coefficient (Wildman–Crippen LogP) is 4.56. The smallest absolute Gasteiger partial charge is 0.223 e. The first-order chi connectivity index (χ1) is 8.70. The zero-order chi connectivity index (χ0) is 12.5. The number of hydrogen-bond acceptors (Lipinski definition) is 3. The van der Waals surface area contributed by atoms with Crippen LogP contribution in [0.25, 0.3) is 0 Å². The van der Waals surface area contributed by atoms with E-state index in [-0.39, 0.29) is 0 Å². The van der Waals surface area contributed by atoms with Crippen molar-refractivity contribution in [3.63, 3.8) is 0 Å². The molecule has 0 amide bonds. The van der Waals surface area contributed by atoms with Gasteiger partial charge < -0.3 is 4.74 Å². The van der Waals surface area contributed by atoms with E-state index in [4.69, 9.17) is 16.3 Å². The molecule has 0 atom stereocenters. The Labute approximate surface area is 118 Å². The number of nitrogens with zero attached hydrogens (tertiary/aromatic N) is 2. The van der Waals surface area contributed by atoms with E-state index in [1.54, 1.807) is 18.2 Å². The highest BCUT2D eigenvalue weighted by molar-refractivity contribution is 9.10. The Balaban J connectivity index is 1.87. The summed E-state index contributed by atoms with van der Waals surface area (Å²) in [4.78, 5) is 8.77. The Bertz CT molecular complexity index is 587. The number of aromatic nitrogens is 2. The highest BCUT2D eigenvalue weighted by atomic mass is 79.9. The topological polar surface area (TPSA) is 35.0 Å². The standard InChI is InChI=1S/C13H10BrClN2O/c14-11-7-12(17-13(16-11)8-4-5-8)18-10-3-1-2-9(15)6-10/h1-3,6-8H,4-5H2. The lowest BCUT2D eigenvalue weighted by atomic mass is 10.3. The third kappa shape index (κ3) is 2.82. The van der Waals surface area contributed by atoms with Crippen LogP contribution >= 0.6 is 27.5 Å². The van der Waals surface area contributed by atoms with E-state index in [2.05, 4.69) is 25.9 Å². The van der Waals surface area contributed by atoms with Crippen molar-refractivity contribution >= 4 is 27.5 Å². The third-order valence-electron chi connectivity index (χ3n) is 2.65. The number of rotatable bonds is 3. The zero-order valence-electron chi connectivity index (χ0n) is 9.44. The first kappa shape index (κ1) is 11.9. The molecule has 18 heavy (non-hydrogen) atoms. The van der Waals surface area contributed by atoms with Crippen LogP contribution in [0.3, 0.4) is 0 Å². The molecule has 0 unspecified atom stereocenters. The quantitative estimate of drug-likeness (QED) is 0.776. The lowest BCUT2D eigenvalue weighted by Crippen LogP contribution is -1.96. The van der Waals surface area contributed by atoms with Gasteiger partial charge in [-0.15, -0.1) is 0 Å². The van der Waals surface area contributed by atoms with Crippen LogP contribution in [0.2, 0.25) is 5.02 Å². The molecule has 0 aliphatic heterocycles. The summed E-state index contributed by atoms with van der Waals surface area (Å²) < 4.78 is 6.44. The van der Waals surface area contributed by atoms with E-state index >= 15 is 0 Å². The molecule has 2 aromatic rings. The summed E-state index contributed by atoms with van der Waals surface area (Å²) in [5.41, 5.74) is 0. The van der Waals surface area contributed by atoms with Crippen molar-refractivity contribution < 1.29 is 4.74 Å². The lowest BCUT2D eigenvalue weighted by molar-refractivity contribution is 0.458. The summed E-state index contributed by atoms with van der Waals surface area (Å²) in [6.45, 7) is 0. The second-order valence-corrected chi connectivity index (χ2v) is 5.47. The molecular weight excluding hydrogens is 316 g/mol. The largest absolute Gasteiger partial charge is 0.439 e. The predicted molar refractivity (Wildman–Crippen MR) is 73.2 cm³/mol. The average Bonchev–Trinajstić information content (AvgIpc) is 3.11. The molecule has 1 aromatic carbocycles. The summed E-state index contributed by atoms with van der Waals surface area (Å²) in [5.74, 6) is 2.56. The first-order valence-electron chi connectivity index (χ1n) is 5.68. The van der Waals surface area contributed by atoms with Crippen LogP contribution in [-0.2, 0) is 0 Å². The molecule has 0 N–H and O–H groups in total. The molecule has 3 nitrogen and oxygen atoms in total. The van der Waals surface area contributed by atoms with E-state index in [0.29, 0.717) is 22.6 Å². The van der Waals surface area contributed by atoms with Crippen LogP contribution in [0.1, 0.15) is 24.6 Å². The SMILES string of the molecule is Clc1cccc(Oc2cc(Br)nc(C3CC3)n2)c1. The molecule has 0 radical (unpaired) electrons. The van der Waals surface area contributed by atoms with Crippen molar-refractivity contribution in [3.05, 3.63) is 45.8 Å². The maximum absolute atomic E-state index is 5.91. The van der Waals surface area contributed by atoms with E-state index in [0.717, 1.165) is 23.3 Å². The molecule has 0 bridgehead atoms. The Morgan fingerprint density at radius 1 is 1.22 bits per heavy atom. The lowest BCUT2D eigenvalue weighted by Gasteiger charge is -2.07. The van der Waals surface area contributed by atoms with Gasteiger partial charge in [-0.25, -0.2) is 4.98 Å². The molecular formula is C13H10BrClN2O. The van der Waals surface area contributed by atoms with Gasteiger partial charge in [0.05, 0.1) is 0 Å². The van der Waals surface area contributed by atoms with Crippen molar-refractivity contribution in [1.82, 2.24) is 9.97 Å². The summed E-state index contributed by atoms with van der Waals surface area (Å²) in [6, 6.07) is 9.01. The Hall–Kier alpha value is -1.13. The molecule has 0 saturated heterocycles. The minimum absolute atomic E-state index is 0.490. The molecule has 1 aliphatic rings. The van der Waals surface area contributed by atoms with Crippen LogP contribution in [0.15, 0.2) is 34.9 Å². The van der Waals surface area contributed by atoms with Crippen molar-refractivity contribution in [2.75, 3.05) is 0 Å². The van der Waals surface area contributed by atoms with E-state index < -0.39 is 0 Å². The highest BCUT2D eigenvalue weighted by Crippen LogP contribution is 2.39. The van der Waals surface area contributed by atoms with Crippen molar-refractivity contribution in [2.45, 2.75) is 18.8 Å². The van der Waals surface area contributed by atoms with Crippen LogP contribution in [0.5, 0.6) is 11.6 Å². The van der Waals surface area contributed by atoms with Gasteiger partial charge in [0.25, 0.3) is 0 Å². The Morgan fingerprint density at radius 3 is 2.78 bits per heavy atom. The summed E-state index contributed by atoms with van der Waals surface area (Å²) in [7, 11) is 0. The minimum atomic E-state index is 0.490. The van der Waals surface area contributed by atoms with Gasteiger partial charge in [0.1, 0.15) is 16.2 Å². The Morgan fingerprint density at radius 2 is 2.06 bits per heavy atom. The number of hydrogen-bond donors (Lipinski definition) is 0. The maximum atomic E-state index is 5.91. The third-order valence-corrected chi connectivity index (χ3v) is 3.29. The van der Waals surface area contributed by atoms with Gasteiger partial charge in [-0.3, -0.25) is 0 Å². The van der Waals surface area contributed by atoms with Crippen LogP contribution in [0, 0.1) is 0 Å². The van der Waals surface area contributed by atoms with E-state index in [1.165, 1.54) is 0 Å². The molecule has 1 aliphatic carbocycles. The van der Waals surface area contributed by atoms with Gasteiger partial charge in [-0.1, -0.05) is 17.7 Å². The van der Waals surface area contributed by atoms with E-state index in [9.17, 15) is 0 Å². The van der Waals surface area contributed by atoms with Crippen molar-refractivity contribution in [3.8, 4) is 11.6 Å². The van der Waals surface area contributed by atoms with Crippen molar-refractivity contribution in [2.24, 2.45) is 0 Å². The van der Waals surface area contributed by atoms with Crippen molar-refractivity contribution in [1.29, 1.82) is 0 Å². The first-order valence-corrected chi connectivity index (χ1v) is 6.86. The second-order valence-electron chi connectivity index (χ2n) is 4.22. The molecule has 1 aromatic heterocycles. The number of benzene rings is 1. The normalized spacial score (nSPS) is 14.6. The fourth-order valence-electron chi connectivity index (χ4n) is 1.64. The second kappa shape index (κ2) is 4.86. The molecule has 1 heterocycles. The molecule has 1 saturated carbocycles. The van der Waals surface area contributed by atoms with Crippen LogP contribution in [0.4, 0.5) is 0 Å².